The predicted octanol–water partition coefficient (Wildman–Crippen LogP) is 3.81. The molecule has 0 atom stereocenters. The summed E-state index contributed by atoms with van der Waals surface area (Å²) in [6.07, 6.45) is 0. The van der Waals surface area contributed by atoms with Gasteiger partial charge in [-0.3, -0.25) is 0 Å². The number of aromatic carboxylic acids is 1. The van der Waals surface area contributed by atoms with E-state index < -0.39 is 11.6 Å². The van der Waals surface area contributed by atoms with Crippen molar-refractivity contribution in [3.8, 4) is 11.1 Å². The van der Waals surface area contributed by atoms with Crippen LogP contribution in [0.5, 0.6) is 0 Å². The van der Waals surface area contributed by atoms with Gasteiger partial charge < -0.3 is 9.52 Å². The summed E-state index contributed by atoms with van der Waals surface area (Å²) in [5.41, 5.74) is 0.856. The van der Waals surface area contributed by atoms with Gasteiger partial charge in [-0.25, -0.2) is 9.59 Å². The minimum Gasteiger partial charge on any atom is -0.478 e. The van der Waals surface area contributed by atoms with E-state index in [1.54, 1.807) is 18.2 Å². The highest BCUT2D eigenvalue weighted by Crippen LogP contribution is 2.26. The van der Waals surface area contributed by atoms with Crippen LogP contribution >= 0.6 is 11.6 Å². The quantitative estimate of drug-likeness (QED) is 0.731. The monoisotopic (exact) mass is 300 g/mol. The summed E-state index contributed by atoms with van der Waals surface area (Å²) in [6, 6.07) is 13.2. The van der Waals surface area contributed by atoms with E-state index in [1.807, 2.05) is 12.1 Å². The summed E-state index contributed by atoms with van der Waals surface area (Å²) in [5, 5.41) is 9.82. The van der Waals surface area contributed by atoms with Crippen molar-refractivity contribution in [2.75, 3.05) is 0 Å². The van der Waals surface area contributed by atoms with Gasteiger partial charge in [-0.1, -0.05) is 35.9 Å². The van der Waals surface area contributed by atoms with Crippen LogP contribution in [0.25, 0.3) is 22.1 Å². The van der Waals surface area contributed by atoms with E-state index in [9.17, 15) is 9.59 Å². The van der Waals surface area contributed by atoms with Crippen molar-refractivity contribution in [2.24, 2.45) is 0 Å². The van der Waals surface area contributed by atoms with E-state index in [0.717, 1.165) is 5.39 Å². The third-order valence-corrected chi connectivity index (χ3v) is 3.46. The zero-order chi connectivity index (χ0) is 15.0. The number of carboxylic acid groups (broad SMARTS) is 1. The Balaban J connectivity index is 2.20. The first kappa shape index (κ1) is 13.4. The molecule has 0 unspecified atom stereocenters. The maximum Gasteiger partial charge on any atom is 0.344 e. The van der Waals surface area contributed by atoms with Gasteiger partial charge in [0.05, 0.1) is 16.1 Å². The number of rotatable bonds is 2. The smallest absolute Gasteiger partial charge is 0.344 e. The third kappa shape index (κ3) is 2.41. The SMILES string of the molecule is O=C(O)c1ccc(-c2cc3ccccc3oc2=O)cc1Cl. The molecule has 1 aromatic heterocycles. The maximum atomic E-state index is 12.0. The summed E-state index contributed by atoms with van der Waals surface area (Å²) >= 11 is 5.93. The number of para-hydroxylation sites is 1. The van der Waals surface area contributed by atoms with Gasteiger partial charge >= 0.3 is 11.6 Å². The Morgan fingerprint density at radius 2 is 1.86 bits per heavy atom. The molecule has 0 spiro atoms. The van der Waals surface area contributed by atoms with Crippen LogP contribution in [-0.4, -0.2) is 11.1 Å². The van der Waals surface area contributed by atoms with Gasteiger partial charge in [0.1, 0.15) is 5.58 Å². The van der Waals surface area contributed by atoms with Crippen molar-refractivity contribution in [3.05, 3.63) is 69.5 Å². The molecule has 3 rings (SSSR count). The fraction of sp³-hybridized carbons (Fsp3) is 0. The van der Waals surface area contributed by atoms with Gasteiger partial charge in [0.2, 0.25) is 0 Å². The Hall–Kier alpha value is -2.59. The van der Waals surface area contributed by atoms with E-state index in [4.69, 9.17) is 21.1 Å². The molecule has 0 aliphatic heterocycles. The summed E-state index contributed by atoms with van der Waals surface area (Å²) in [4.78, 5) is 23.0. The molecule has 0 fully saturated rings. The van der Waals surface area contributed by atoms with Gasteiger partial charge in [-0.05, 0) is 29.8 Å². The first-order valence-corrected chi connectivity index (χ1v) is 6.50. The molecule has 0 amide bonds. The Morgan fingerprint density at radius 3 is 2.57 bits per heavy atom. The van der Waals surface area contributed by atoms with Crippen LogP contribution < -0.4 is 5.63 Å². The van der Waals surface area contributed by atoms with Crippen molar-refractivity contribution in [1.82, 2.24) is 0 Å². The number of hydrogen-bond acceptors (Lipinski definition) is 3. The second-order valence-corrected chi connectivity index (χ2v) is 4.89. The van der Waals surface area contributed by atoms with Gasteiger partial charge in [-0.2, -0.15) is 0 Å². The fourth-order valence-electron chi connectivity index (χ4n) is 2.12. The van der Waals surface area contributed by atoms with Crippen molar-refractivity contribution in [1.29, 1.82) is 0 Å². The van der Waals surface area contributed by atoms with Crippen molar-refractivity contribution >= 4 is 28.5 Å². The van der Waals surface area contributed by atoms with Crippen LogP contribution in [-0.2, 0) is 0 Å². The van der Waals surface area contributed by atoms with E-state index in [2.05, 4.69) is 0 Å². The summed E-state index contributed by atoms with van der Waals surface area (Å²) in [6.45, 7) is 0. The highest BCUT2D eigenvalue weighted by molar-refractivity contribution is 6.33. The van der Waals surface area contributed by atoms with Crippen LogP contribution in [0.15, 0.2) is 57.7 Å². The molecule has 0 saturated carbocycles. The van der Waals surface area contributed by atoms with E-state index in [1.165, 1.54) is 18.2 Å². The van der Waals surface area contributed by atoms with Crippen LogP contribution in [0.4, 0.5) is 0 Å². The van der Waals surface area contributed by atoms with Gasteiger partial charge in [-0.15, -0.1) is 0 Å². The number of hydrogen-bond donors (Lipinski definition) is 1. The van der Waals surface area contributed by atoms with Crippen molar-refractivity contribution in [3.63, 3.8) is 0 Å². The molecule has 0 aliphatic carbocycles. The Kier molecular flexibility index (Phi) is 3.23. The van der Waals surface area contributed by atoms with Gasteiger partial charge in [0, 0.05) is 5.39 Å². The Labute approximate surface area is 124 Å². The number of carbonyl (C=O) groups is 1. The van der Waals surface area contributed by atoms with Gasteiger partial charge in [0.15, 0.2) is 0 Å². The van der Waals surface area contributed by atoms with E-state index in [0.29, 0.717) is 16.7 Å². The van der Waals surface area contributed by atoms with Crippen molar-refractivity contribution in [2.45, 2.75) is 0 Å². The first-order chi connectivity index (χ1) is 10.1. The predicted molar refractivity (Wildman–Crippen MR) is 79.9 cm³/mol. The van der Waals surface area contributed by atoms with Crippen molar-refractivity contribution < 1.29 is 14.3 Å². The number of fused-ring (bicyclic) bond motifs is 1. The molecule has 3 aromatic rings. The summed E-state index contributed by atoms with van der Waals surface area (Å²) < 4.78 is 5.25. The van der Waals surface area contributed by atoms with Crippen LogP contribution in [0.1, 0.15) is 10.4 Å². The van der Waals surface area contributed by atoms with Crippen LogP contribution in [0.3, 0.4) is 0 Å². The molecule has 5 heteroatoms. The summed E-state index contributed by atoms with van der Waals surface area (Å²) in [5.74, 6) is -1.11. The molecule has 21 heavy (non-hydrogen) atoms. The van der Waals surface area contributed by atoms with Crippen LogP contribution in [0, 0.1) is 0 Å². The lowest BCUT2D eigenvalue weighted by Crippen LogP contribution is -2.03. The average molecular weight is 301 g/mol. The normalized spacial score (nSPS) is 10.7. The number of halogens is 1. The average Bonchev–Trinajstić information content (AvgIpc) is 2.46. The maximum absolute atomic E-state index is 12.0. The zero-order valence-corrected chi connectivity index (χ0v) is 11.4. The molecule has 1 N–H and O–H groups in total. The summed E-state index contributed by atoms with van der Waals surface area (Å²) in [7, 11) is 0. The molecule has 104 valence electrons. The fourth-order valence-corrected chi connectivity index (χ4v) is 2.38. The second-order valence-electron chi connectivity index (χ2n) is 4.49. The molecule has 1 heterocycles. The Morgan fingerprint density at radius 1 is 1.10 bits per heavy atom. The molecule has 0 saturated heterocycles. The van der Waals surface area contributed by atoms with E-state index in [-0.39, 0.29) is 10.6 Å². The lowest BCUT2D eigenvalue weighted by atomic mass is 10.0. The van der Waals surface area contributed by atoms with E-state index >= 15 is 0 Å². The van der Waals surface area contributed by atoms with Crippen LogP contribution in [0.2, 0.25) is 5.02 Å². The molecule has 0 radical (unpaired) electrons. The lowest BCUT2D eigenvalue weighted by Gasteiger charge is -2.05. The highest BCUT2D eigenvalue weighted by atomic mass is 35.5. The molecule has 0 aliphatic rings. The number of benzene rings is 2. The minimum absolute atomic E-state index is 0.00871. The number of carboxylic acids is 1. The van der Waals surface area contributed by atoms with Gasteiger partial charge in [0.25, 0.3) is 0 Å². The molecule has 0 bridgehead atoms. The lowest BCUT2D eigenvalue weighted by molar-refractivity contribution is 0.0697. The molecular weight excluding hydrogens is 292 g/mol. The molecule has 4 nitrogen and oxygen atoms in total. The first-order valence-electron chi connectivity index (χ1n) is 6.12. The Bertz CT molecular complexity index is 912. The molecule has 2 aromatic carbocycles. The highest BCUT2D eigenvalue weighted by Gasteiger charge is 2.12. The topological polar surface area (TPSA) is 67.5 Å². The third-order valence-electron chi connectivity index (χ3n) is 3.15. The standard InChI is InChI=1S/C16H9ClO4/c17-13-8-9(5-6-11(13)15(18)19)12-7-10-3-1-2-4-14(10)21-16(12)20/h1-8H,(H,18,19). The largest absolute Gasteiger partial charge is 0.478 e. The minimum atomic E-state index is -1.11. The molecular formula is C16H9ClO4. The second kappa shape index (κ2) is 5.07. The zero-order valence-electron chi connectivity index (χ0n) is 10.7.